The minimum absolute atomic E-state index is 0.0518. The summed E-state index contributed by atoms with van der Waals surface area (Å²) < 4.78 is 1.71. The molecule has 0 bridgehead atoms. The van der Waals surface area contributed by atoms with E-state index in [9.17, 15) is 4.79 Å². The highest BCUT2D eigenvalue weighted by atomic mass is 16.1. The molecular formula is C16H22N4O. The summed E-state index contributed by atoms with van der Waals surface area (Å²) in [5.74, 6) is -0.290. The molecule has 0 saturated carbocycles. The number of carbonyl (C=O) groups excluding carboxylic acids is 1. The Hall–Kier alpha value is -2.14. The maximum absolute atomic E-state index is 12.4. The maximum Gasteiger partial charge on any atom is 0.229 e. The SMILES string of the molecule is CCc1nn(C)cc1NC(=O)C(CN)Cc1ccccc1. The quantitative estimate of drug-likeness (QED) is 0.849. The molecule has 0 radical (unpaired) electrons. The summed E-state index contributed by atoms with van der Waals surface area (Å²) in [7, 11) is 1.85. The van der Waals surface area contributed by atoms with Crippen LogP contribution in [0.2, 0.25) is 0 Å². The van der Waals surface area contributed by atoms with Gasteiger partial charge in [0.05, 0.1) is 17.3 Å². The minimum atomic E-state index is -0.239. The van der Waals surface area contributed by atoms with Crippen LogP contribution in [0.5, 0.6) is 0 Å². The van der Waals surface area contributed by atoms with E-state index in [1.165, 1.54) is 0 Å². The average Bonchev–Trinajstić information content (AvgIpc) is 2.85. The van der Waals surface area contributed by atoms with Crippen LogP contribution in [-0.4, -0.2) is 22.2 Å². The number of nitrogens with zero attached hydrogens (tertiary/aromatic N) is 2. The summed E-state index contributed by atoms with van der Waals surface area (Å²) in [5.41, 5.74) is 8.55. The monoisotopic (exact) mass is 286 g/mol. The van der Waals surface area contributed by atoms with E-state index in [0.717, 1.165) is 23.4 Å². The molecule has 1 unspecified atom stereocenters. The fourth-order valence-corrected chi connectivity index (χ4v) is 2.32. The van der Waals surface area contributed by atoms with Gasteiger partial charge in [-0.1, -0.05) is 37.3 Å². The van der Waals surface area contributed by atoms with Crippen molar-refractivity contribution in [3.05, 3.63) is 47.8 Å². The number of anilines is 1. The molecule has 1 atom stereocenters. The molecule has 0 aliphatic heterocycles. The maximum atomic E-state index is 12.4. The third-order valence-electron chi connectivity index (χ3n) is 3.48. The second-order valence-electron chi connectivity index (χ2n) is 5.13. The Morgan fingerprint density at radius 1 is 1.38 bits per heavy atom. The highest BCUT2D eigenvalue weighted by molar-refractivity contribution is 5.93. The van der Waals surface area contributed by atoms with Crippen molar-refractivity contribution in [3.63, 3.8) is 0 Å². The Morgan fingerprint density at radius 3 is 2.71 bits per heavy atom. The molecule has 0 spiro atoms. The van der Waals surface area contributed by atoms with Crippen LogP contribution in [0.25, 0.3) is 0 Å². The van der Waals surface area contributed by atoms with Gasteiger partial charge in [-0.3, -0.25) is 9.48 Å². The van der Waals surface area contributed by atoms with E-state index in [1.807, 2.05) is 50.5 Å². The van der Waals surface area contributed by atoms with Crippen LogP contribution in [0.15, 0.2) is 36.5 Å². The Morgan fingerprint density at radius 2 is 2.10 bits per heavy atom. The molecule has 112 valence electrons. The zero-order valence-electron chi connectivity index (χ0n) is 12.5. The van der Waals surface area contributed by atoms with Crippen LogP contribution in [0.3, 0.4) is 0 Å². The first-order valence-corrected chi connectivity index (χ1v) is 7.21. The summed E-state index contributed by atoms with van der Waals surface area (Å²) >= 11 is 0. The van der Waals surface area contributed by atoms with Crippen molar-refractivity contribution in [2.45, 2.75) is 19.8 Å². The van der Waals surface area contributed by atoms with Gasteiger partial charge < -0.3 is 11.1 Å². The predicted molar refractivity (Wildman–Crippen MR) is 83.9 cm³/mol. The number of amides is 1. The molecule has 1 aromatic heterocycles. The Kier molecular flexibility index (Phi) is 5.11. The van der Waals surface area contributed by atoms with E-state index in [-0.39, 0.29) is 11.8 Å². The van der Waals surface area contributed by atoms with Crippen LogP contribution in [-0.2, 0) is 24.7 Å². The van der Waals surface area contributed by atoms with Crippen LogP contribution < -0.4 is 11.1 Å². The molecule has 3 N–H and O–H groups in total. The molecule has 0 aliphatic carbocycles. The van der Waals surface area contributed by atoms with Gasteiger partial charge in [0.15, 0.2) is 0 Å². The number of nitrogens with two attached hydrogens (primary N) is 1. The smallest absolute Gasteiger partial charge is 0.229 e. The zero-order chi connectivity index (χ0) is 15.2. The van der Waals surface area contributed by atoms with Crippen molar-refractivity contribution in [1.29, 1.82) is 0 Å². The lowest BCUT2D eigenvalue weighted by molar-refractivity contribution is -0.119. The Labute approximate surface area is 125 Å². The Bertz CT molecular complexity index is 592. The summed E-state index contributed by atoms with van der Waals surface area (Å²) in [6, 6.07) is 9.92. The van der Waals surface area contributed by atoms with E-state index in [1.54, 1.807) is 4.68 Å². The molecule has 0 fully saturated rings. The molecule has 1 amide bonds. The van der Waals surface area contributed by atoms with Crippen molar-refractivity contribution in [1.82, 2.24) is 9.78 Å². The molecule has 5 heteroatoms. The third-order valence-corrected chi connectivity index (χ3v) is 3.48. The number of aryl methyl sites for hydroxylation is 2. The topological polar surface area (TPSA) is 72.9 Å². The summed E-state index contributed by atoms with van der Waals surface area (Å²) in [6.07, 6.45) is 3.25. The van der Waals surface area contributed by atoms with Gasteiger partial charge in [-0.15, -0.1) is 0 Å². The molecule has 21 heavy (non-hydrogen) atoms. The van der Waals surface area contributed by atoms with Crippen LogP contribution >= 0.6 is 0 Å². The average molecular weight is 286 g/mol. The highest BCUT2D eigenvalue weighted by Crippen LogP contribution is 2.16. The first kappa shape index (κ1) is 15.3. The lowest BCUT2D eigenvalue weighted by Crippen LogP contribution is -2.31. The molecule has 2 rings (SSSR count). The van der Waals surface area contributed by atoms with E-state index in [4.69, 9.17) is 5.73 Å². The first-order valence-electron chi connectivity index (χ1n) is 7.21. The van der Waals surface area contributed by atoms with Crippen LogP contribution in [0, 0.1) is 5.92 Å². The minimum Gasteiger partial charge on any atom is -0.330 e. The van der Waals surface area contributed by atoms with Gasteiger partial charge in [0.25, 0.3) is 0 Å². The number of hydrogen-bond donors (Lipinski definition) is 2. The summed E-state index contributed by atoms with van der Waals surface area (Å²) in [4.78, 5) is 12.4. The number of rotatable bonds is 6. The fraction of sp³-hybridized carbons (Fsp3) is 0.375. The standard InChI is InChI=1S/C16H22N4O/c1-3-14-15(11-20(2)19-14)18-16(21)13(10-17)9-12-7-5-4-6-8-12/h4-8,11,13H,3,9-10,17H2,1-2H3,(H,18,21). The van der Waals surface area contributed by atoms with Gasteiger partial charge in [-0.2, -0.15) is 5.10 Å². The van der Waals surface area contributed by atoms with Crippen molar-refractivity contribution in [3.8, 4) is 0 Å². The van der Waals surface area contributed by atoms with Gasteiger partial charge in [-0.25, -0.2) is 0 Å². The van der Waals surface area contributed by atoms with E-state index < -0.39 is 0 Å². The van der Waals surface area contributed by atoms with Crippen molar-refractivity contribution in [2.24, 2.45) is 18.7 Å². The normalized spacial score (nSPS) is 12.1. The number of aromatic nitrogens is 2. The lowest BCUT2D eigenvalue weighted by Gasteiger charge is -2.14. The number of nitrogens with one attached hydrogen (secondary N) is 1. The summed E-state index contributed by atoms with van der Waals surface area (Å²) in [6.45, 7) is 2.34. The number of carbonyl (C=O) groups is 1. The largest absolute Gasteiger partial charge is 0.330 e. The van der Waals surface area contributed by atoms with Gasteiger partial charge in [-0.05, 0) is 18.4 Å². The molecule has 1 aromatic carbocycles. The second-order valence-corrected chi connectivity index (χ2v) is 5.13. The number of benzene rings is 1. The van der Waals surface area contributed by atoms with E-state index in [0.29, 0.717) is 13.0 Å². The molecule has 0 aliphatic rings. The summed E-state index contributed by atoms with van der Waals surface area (Å²) in [5, 5.41) is 7.27. The van der Waals surface area contributed by atoms with Crippen LogP contribution in [0.4, 0.5) is 5.69 Å². The van der Waals surface area contributed by atoms with E-state index >= 15 is 0 Å². The highest BCUT2D eigenvalue weighted by Gasteiger charge is 2.19. The first-order chi connectivity index (χ1) is 10.1. The molecule has 1 heterocycles. The second kappa shape index (κ2) is 7.04. The predicted octanol–water partition coefficient (Wildman–Crippen LogP) is 1.74. The van der Waals surface area contributed by atoms with E-state index in [2.05, 4.69) is 10.4 Å². The molecule has 0 saturated heterocycles. The zero-order valence-corrected chi connectivity index (χ0v) is 12.5. The third kappa shape index (κ3) is 3.92. The molecular weight excluding hydrogens is 264 g/mol. The van der Waals surface area contributed by atoms with Gasteiger partial charge in [0.2, 0.25) is 5.91 Å². The molecule has 2 aromatic rings. The molecule has 5 nitrogen and oxygen atoms in total. The number of hydrogen-bond acceptors (Lipinski definition) is 3. The van der Waals surface area contributed by atoms with Crippen LogP contribution in [0.1, 0.15) is 18.2 Å². The van der Waals surface area contributed by atoms with Crippen molar-refractivity contribution >= 4 is 11.6 Å². The van der Waals surface area contributed by atoms with Crippen molar-refractivity contribution < 1.29 is 4.79 Å². The fourth-order valence-electron chi connectivity index (χ4n) is 2.32. The Balaban J connectivity index is 2.06. The van der Waals surface area contributed by atoms with Crippen molar-refractivity contribution in [2.75, 3.05) is 11.9 Å². The van der Waals surface area contributed by atoms with Gasteiger partial charge >= 0.3 is 0 Å². The van der Waals surface area contributed by atoms with Gasteiger partial charge in [0.1, 0.15) is 0 Å². The lowest BCUT2D eigenvalue weighted by atomic mass is 9.98. The van der Waals surface area contributed by atoms with Gasteiger partial charge in [0, 0.05) is 19.8 Å².